The van der Waals surface area contributed by atoms with E-state index in [1.165, 1.54) is 0 Å². The summed E-state index contributed by atoms with van der Waals surface area (Å²) in [6, 6.07) is 9.03. The van der Waals surface area contributed by atoms with Gasteiger partial charge in [0, 0.05) is 29.9 Å². The fourth-order valence-corrected chi connectivity index (χ4v) is 4.13. The van der Waals surface area contributed by atoms with Gasteiger partial charge in [0.2, 0.25) is 5.95 Å². The molecule has 0 radical (unpaired) electrons. The molecule has 3 aromatic rings. The van der Waals surface area contributed by atoms with E-state index >= 15 is 0 Å². The van der Waals surface area contributed by atoms with Crippen molar-refractivity contribution in [1.82, 2.24) is 14.5 Å². The Morgan fingerprint density at radius 2 is 2.16 bits per heavy atom. The van der Waals surface area contributed by atoms with E-state index in [0.717, 1.165) is 30.4 Å². The predicted molar refractivity (Wildman–Crippen MR) is 123 cm³/mol. The van der Waals surface area contributed by atoms with Crippen molar-refractivity contribution < 1.29 is 14.3 Å². The molecular formula is C23H26ClN5O3. The van der Waals surface area contributed by atoms with Crippen LogP contribution in [-0.4, -0.2) is 39.9 Å². The minimum Gasteiger partial charge on any atom is -0.368 e. The molecule has 0 bridgehead atoms. The SMILES string of the molecule is Cc1ccc(Cl)cc1-c1c(C(N)=O)cc(-c2ccnc(N)n2)n1CCOC1CCCCO1. The number of aromatic nitrogens is 3. The Morgan fingerprint density at radius 3 is 2.88 bits per heavy atom. The number of hydrogen-bond acceptors (Lipinski definition) is 6. The molecule has 1 fully saturated rings. The number of benzene rings is 1. The van der Waals surface area contributed by atoms with E-state index in [1.807, 2.05) is 29.7 Å². The lowest BCUT2D eigenvalue weighted by atomic mass is 10.0. The first-order chi connectivity index (χ1) is 15.4. The summed E-state index contributed by atoms with van der Waals surface area (Å²) in [5.41, 5.74) is 15.7. The van der Waals surface area contributed by atoms with Crippen molar-refractivity contribution in [3.8, 4) is 22.6 Å². The van der Waals surface area contributed by atoms with Crippen LogP contribution in [-0.2, 0) is 16.0 Å². The van der Waals surface area contributed by atoms with Gasteiger partial charge in [-0.25, -0.2) is 9.97 Å². The molecule has 4 rings (SSSR count). The molecule has 1 saturated heterocycles. The van der Waals surface area contributed by atoms with Gasteiger partial charge in [0.05, 0.1) is 29.3 Å². The quantitative estimate of drug-likeness (QED) is 0.559. The molecule has 0 spiro atoms. The maximum atomic E-state index is 12.4. The summed E-state index contributed by atoms with van der Waals surface area (Å²) >= 11 is 6.30. The molecule has 1 unspecified atom stereocenters. The highest BCUT2D eigenvalue weighted by Gasteiger charge is 2.24. The summed E-state index contributed by atoms with van der Waals surface area (Å²) in [6.07, 6.45) is 4.36. The molecule has 4 N–H and O–H groups in total. The molecule has 3 heterocycles. The number of hydrogen-bond donors (Lipinski definition) is 2. The van der Waals surface area contributed by atoms with Gasteiger partial charge in [0.25, 0.3) is 5.91 Å². The van der Waals surface area contributed by atoms with E-state index in [1.54, 1.807) is 18.3 Å². The van der Waals surface area contributed by atoms with Gasteiger partial charge in [-0.1, -0.05) is 17.7 Å². The number of carbonyl (C=O) groups excluding carboxylic acids is 1. The Balaban J connectivity index is 1.80. The highest BCUT2D eigenvalue weighted by Crippen LogP contribution is 2.35. The first kappa shape index (κ1) is 22.3. The molecule has 1 aliphatic rings. The molecule has 1 atom stereocenters. The fraction of sp³-hybridized carbons (Fsp3) is 0.348. The van der Waals surface area contributed by atoms with Crippen LogP contribution >= 0.6 is 11.6 Å². The van der Waals surface area contributed by atoms with Crippen LogP contribution in [0.4, 0.5) is 5.95 Å². The van der Waals surface area contributed by atoms with E-state index in [2.05, 4.69) is 9.97 Å². The van der Waals surface area contributed by atoms with Crippen molar-refractivity contribution >= 4 is 23.5 Å². The minimum atomic E-state index is -0.544. The Morgan fingerprint density at radius 1 is 1.31 bits per heavy atom. The smallest absolute Gasteiger partial charge is 0.250 e. The first-order valence-corrected chi connectivity index (χ1v) is 10.9. The van der Waals surface area contributed by atoms with Crippen LogP contribution < -0.4 is 11.5 Å². The van der Waals surface area contributed by atoms with E-state index in [-0.39, 0.29) is 12.2 Å². The van der Waals surface area contributed by atoms with Crippen LogP contribution in [0.5, 0.6) is 0 Å². The zero-order chi connectivity index (χ0) is 22.7. The number of carbonyl (C=O) groups is 1. The second kappa shape index (κ2) is 9.68. The molecule has 168 valence electrons. The number of amides is 1. The average Bonchev–Trinajstić information content (AvgIpc) is 3.16. The number of nitrogens with zero attached hydrogens (tertiary/aromatic N) is 3. The Labute approximate surface area is 191 Å². The van der Waals surface area contributed by atoms with Crippen LogP contribution in [0.2, 0.25) is 5.02 Å². The molecule has 9 heteroatoms. The molecule has 0 aliphatic carbocycles. The second-order valence-electron chi connectivity index (χ2n) is 7.73. The fourth-order valence-electron chi connectivity index (χ4n) is 3.96. The number of nitrogens with two attached hydrogens (primary N) is 2. The number of primary amides is 1. The van der Waals surface area contributed by atoms with Crippen LogP contribution in [0.15, 0.2) is 36.5 Å². The molecule has 8 nitrogen and oxygen atoms in total. The standard InChI is InChI=1S/C23H26ClN5O3/c1-14-5-6-15(24)12-16(14)21-17(22(25)30)13-19(18-7-8-27-23(26)28-18)29(21)9-11-32-20-4-2-3-10-31-20/h5-8,12-13,20H,2-4,9-11H2,1H3,(H2,25,30)(H2,26,27,28). The summed E-state index contributed by atoms with van der Waals surface area (Å²) in [7, 11) is 0. The lowest BCUT2D eigenvalue weighted by Gasteiger charge is -2.23. The Bertz CT molecular complexity index is 1120. The van der Waals surface area contributed by atoms with E-state index in [9.17, 15) is 4.79 Å². The number of nitrogen functional groups attached to an aromatic ring is 1. The topological polar surface area (TPSA) is 118 Å². The zero-order valence-corrected chi connectivity index (χ0v) is 18.6. The van der Waals surface area contributed by atoms with Gasteiger partial charge >= 0.3 is 0 Å². The van der Waals surface area contributed by atoms with Gasteiger partial charge < -0.3 is 25.5 Å². The van der Waals surface area contributed by atoms with Crippen LogP contribution in [0.25, 0.3) is 22.6 Å². The first-order valence-electron chi connectivity index (χ1n) is 10.6. The van der Waals surface area contributed by atoms with Gasteiger partial charge in [-0.15, -0.1) is 0 Å². The zero-order valence-electron chi connectivity index (χ0n) is 17.9. The minimum absolute atomic E-state index is 0.142. The number of aryl methyl sites for hydroxylation is 1. The average molecular weight is 456 g/mol. The van der Waals surface area contributed by atoms with Gasteiger partial charge in [-0.05, 0) is 56.0 Å². The lowest BCUT2D eigenvalue weighted by molar-refractivity contribution is -0.163. The third-order valence-electron chi connectivity index (χ3n) is 5.51. The number of ether oxygens (including phenoxy) is 2. The molecule has 1 aliphatic heterocycles. The third kappa shape index (κ3) is 4.77. The lowest BCUT2D eigenvalue weighted by Crippen LogP contribution is -2.24. The van der Waals surface area contributed by atoms with Gasteiger partial charge in [0.15, 0.2) is 6.29 Å². The number of anilines is 1. The second-order valence-corrected chi connectivity index (χ2v) is 8.17. The molecule has 0 saturated carbocycles. The van der Waals surface area contributed by atoms with Crippen molar-refractivity contribution in [2.45, 2.75) is 39.0 Å². The van der Waals surface area contributed by atoms with Gasteiger partial charge in [0.1, 0.15) is 0 Å². The largest absolute Gasteiger partial charge is 0.368 e. The Hall–Kier alpha value is -2.94. The number of halogens is 1. The van der Waals surface area contributed by atoms with E-state index < -0.39 is 5.91 Å². The van der Waals surface area contributed by atoms with E-state index in [0.29, 0.717) is 47.4 Å². The van der Waals surface area contributed by atoms with Crippen molar-refractivity contribution in [1.29, 1.82) is 0 Å². The Kier molecular flexibility index (Phi) is 6.74. The summed E-state index contributed by atoms with van der Waals surface area (Å²) in [5, 5.41) is 0.563. The third-order valence-corrected chi connectivity index (χ3v) is 5.75. The van der Waals surface area contributed by atoms with Gasteiger partial charge in [-0.3, -0.25) is 4.79 Å². The summed E-state index contributed by atoms with van der Waals surface area (Å²) in [6.45, 7) is 3.51. The van der Waals surface area contributed by atoms with Crippen molar-refractivity contribution in [2.24, 2.45) is 5.73 Å². The van der Waals surface area contributed by atoms with E-state index in [4.69, 9.17) is 32.5 Å². The van der Waals surface area contributed by atoms with Crippen LogP contribution in [0.3, 0.4) is 0 Å². The molecule has 1 aromatic carbocycles. The van der Waals surface area contributed by atoms with Crippen molar-refractivity contribution in [2.75, 3.05) is 18.9 Å². The van der Waals surface area contributed by atoms with Crippen LogP contribution in [0, 0.1) is 6.92 Å². The van der Waals surface area contributed by atoms with Crippen molar-refractivity contribution in [3.63, 3.8) is 0 Å². The predicted octanol–water partition coefficient (Wildman–Crippen LogP) is 3.80. The monoisotopic (exact) mass is 455 g/mol. The highest BCUT2D eigenvalue weighted by atomic mass is 35.5. The molecular weight excluding hydrogens is 430 g/mol. The molecule has 2 aromatic heterocycles. The highest BCUT2D eigenvalue weighted by molar-refractivity contribution is 6.31. The summed E-state index contributed by atoms with van der Waals surface area (Å²) < 4.78 is 13.6. The summed E-state index contributed by atoms with van der Waals surface area (Å²) in [4.78, 5) is 20.8. The maximum absolute atomic E-state index is 12.4. The van der Waals surface area contributed by atoms with Gasteiger partial charge in [-0.2, -0.15) is 0 Å². The normalized spacial score (nSPS) is 16.2. The maximum Gasteiger partial charge on any atom is 0.250 e. The number of rotatable bonds is 7. The molecule has 32 heavy (non-hydrogen) atoms. The van der Waals surface area contributed by atoms with Crippen LogP contribution in [0.1, 0.15) is 35.2 Å². The van der Waals surface area contributed by atoms with Crippen molar-refractivity contribution in [3.05, 3.63) is 52.7 Å². The summed E-state index contributed by atoms with van der Waals surface area (Å²) in [5.74, 6) is -0.402. The molecule has 1 amide bonds.